The Bertz CT molecular complexity index is 355. The molecule has 0 saturated heterocycles. The zero-order chi connectivity index (χ0) is 13.7. The van der Waals surface area contributed by atoms with Gasteiger partial charge in [0.2, 0.25) is 0 Å². The largest absolute Gasteiger partial charge is 0.402 e. The molecular formula is C7H15F3N4O2S. The van der Waals surface area contributed by atoms with Gasteiger partial charge in [0.1, 0.15) is 6.54 Å². The summed E-state index contributed by atoms with van der Waals surface area (Å²) in [6.07, 6.45) is -4.63. The second kappa shape index (κ2) is 6.17. The Morgan fingerprint density at radius 2 is 2.00 bits per heavy atom. The average molecular weight is 276 g/mol. The van der Waals surface area contributed by atoms with Crippen LogP contribution >= 0.6 is 0 Å². The number of hydrogen-bond acceptors (Lipinski definition) is 3. The van der Waals surface area contributed by atoms with E-state index in [0.717, 1.165) is 4.31 Å². The van der Waals surface area contributed by atoms with E-state index in [2.05, 4.69) is 0 Å². The number of alkyl halides is 3. The normalized spacial score (nSPS) is 13.0. The molecule has 0 fully saturated rings. The van der Waals surface area contributed by atoms with E-state index in [4.69, 9.17) is 11.1 Å². The Morgan fingerprint density at radius 1 is 1.47 bits per heavy atom. The van der Waals surface area contributed by atoms with Crippen LogP contribution in [0, 0.1) is 5.41 Å². The third-order valence-corrected chi connectivity index (χ3v) is 3.41. The van der Waals surface area contributed by atoms with Crippen LogP contribution in [0.15, 0.2) is 0 Å². The van der Waals surface area contributed by atoms with E-state index >= 15 is 0 Å². The SMILES string of the molecule is CCN(CCC(=N)N)S(=O)(=O)NCC(F)(F)F. The highest BCUT2D eigenvalue weighted by Gasteiger charge is 2.31. The molecule has 0 rings (SSSR count). The molecule has 0 aliphatic heterocycles. The van der Waals surface area contributed by atoms with Crippen LogP contribution in [0.25, 0.3) is 0 Å². The molecule has 0 radical (unpaired) electrons. The van der Waals surface area contributed by atoms with Crippen molar-refractivity contribution in [2.45, 2.75) is 19.5 Å². The molecule has 0 atom stereocenters. The molecule has 0 saturated carbocycles. The van der Waals surface area contributed by atoms with Crippen molar-refractivity contribution in [1.29, 1.82) is 5.41 Å². The van der Waals surface area contributed by atoms with Crippen LogP contribution in [0.1, 0.15) is 13.3 Å². The van der Waals surface area contributed by atoms with Crippen LogP contribution in [0.5, 0.6) is 0 Å². The Morgan fingerprint density at radius 3 is 2.35 bits per heavy atom. The van der Waals surface area contributed by atoms with Crippen LogP contribution in [0.4, 0.5) is 13.2 Å². The molecule has 0 unspecified atom stereocenters. The van der Waals surface area contributed by atoms with Crippen LogP contribution < -0.4 is 10.5 Å². The van der Waals surface area contributed by atoms with Crippen molar-refractivity contribution in [2.24, 2.45) is 5.73 Å². The van der Waals surface area contributed by atoms with Gasteiger partial charge in [-0.2, -0.15) is 30.6 Å². The van der Waals surface area contributed by atoms with Crippen LogP contribution in [0.3, 0.4) is 0 Å². The van der Waals surface area contributed by atoms with E-state index in [1.165, 1.54) is 11.6 Å². The van der Waals surface area contributed by atoms with Crippen LogP contribution in [0.2, 0.25) is 0 Å². The van der Waals surface area contributed by atoms with Gasteiger partial charge < -0.3 is 5.73 Å². The van der Waals surface area contributed by atoms with Gasteiger partial charge in [-0.25, -0.2) is 0 Å². The van der Waals surface area contributed by atoms with Crippen molar-refractivity contribution in [3.05, 3.63) is 0 Å². The fourth-order valence-electron chi connectivity index (χ4n) is 0.958. The number of halogens is 3. The topological polar surface area (TPSA) is 99.3 Å². The number of nitrogens with one attached hydrogen (secondary N) is 2. The van der Waals surface area contributed by atoms with Crippen molar-refractivity contribution in [3.63, 3.8) is 0 Å². The van der Waals surface area contributed by atoms with Crippen molar-refractivity contribution in [2.75, 3.05) is 19.6 Å². The van der Waals surface area contributed by atoms with Crippen molar-refractivity contribution in [1.82, 2.24) is 9.03 Å². The molecule has 17 heavy (non-hydrogen) atoms. The lowest BCUT2D eigenvalue weighted by molar-refractivity contribution is -0.121. The minimum Gasteiger partial charge on any atom is -0.388 e. The van der Waals surface area contributed by atoms with Crippen molar-refractivity contribution in [3.8, 4) is 0 Å². The molecule has 102 valence electrons. The Balaban J connectivity index is 4.48. The molecule has 0 aromatic heterocycles. The third kappa shape index (κ3) is 7.13. The standard InChI is InChI=1S/C7H15F3N4O2S/c1-2-14(4-3-6(11)12)17(15,16)13-5-7(8,9)10/h13H,2-5H2,1H3,(H3,11,12). The third-order valence-electron chi connectivity index (χ3n) is 1.78. The summed E-state index contributed by atoms with van der Waals surface area (Å²) in [6, 6.07) is 0. The van der Waals surface area contributed by atoms with Gasteiger partial charge in [0, 0.05) is 19.5 Å². The maximum absolute atomic E-state index is 11.9. The van der Waals surface area contributed by atoms with E-state index in [1.54, 1.807) is 0 Å². The summed E-state index contributed by atoms with van der Waals surface area (Å²) in [7, 11) is -4.19. The molecule has 0 spiro atoms. The second-order valence-electron chi connectivity index (χ2n) is 3.21. The molecule has 0 heterocycles. The highest BCUT2D eigenvalue weighted by molar-refractivity contribution is 7.87. The van der Waals surface area contributed by atoms with E-state index in [0.29, 0.717) is 0 Å². The van der Waals surface area contributed by atoms with Gasteiger partial charge in [-0.3, -0.25) is 5.41 Å². The lowest BCUT2D eigenvalue weighted by atomic mass is 10.4. The fourth-order valence-corrected chi connectivity index (χ4v) is 2.16. The molecule has 0 bridgehead atoms. The molecule has 4 N–H and O–H groups in total. The van der Waals surface area contributed by atoms with Gasteiger partial charge in [-0.15, -0.1) is 0 Å². The highest BCUT2D eigenvalue weighted by Crippen LogP contribution is 2.13. The maximum atomic E-state index is 11.9. The maximum Gasteiger partial charge on any atom is 0.402 e. The van der Waals surface area contributed by atoms with E-state index in [1.807, 2.05) is 0 Å². The van der Waals surface area contributed by atoms with E-state index < -0.39 is 22.9 Å². The summed E-state index contributed by atoms with van der Waals surface area (Å²) >= 11 is 0. The van der Waals surface area contributed by atoms with Crippen molar-refractivity contribution >= 4 is 16.0 Å². The van der Waals surface area contributed by atoms with E-state index in [-0.39, 0.29) is 25.3 Å². The van der Waals surface area contributed by atoms with Gasteiger partial charge in [0.05, 0.1) is 5.84 Å². The molecular weight excluding hydrogens is 261 g/mol. The molecule has 6 nitrogen and oxygen atoms in total. The quantitative estimate of drug-likeness (QED) is 0.452. The Hall–Kier alpha value is -0.870. The van der Waals surface area contributed by atoms with Gasteiger partial charge in [-0.1, -0.05) is 6.92 Å². The second-order valence-corrected chi connectivity index (χ2v) is 4.96. The van der Waals surface area contributed by atoms with Gasteiger partial charge in [-0.05, 0) is 0 Å². The predicted molar refractivity (Wildman–Crippen MR) is 56.8 cm³/mol. The summed E-state index contributed by atoms with van der Waals surface area (Å²) in [6.45, 7) is -0.266. The number of rotatable bonds is 7. The highest BCUT2D eigenvalue weighted by atomic mass is 32.2. The first-order valence-electron chi connectivity index (χ1n) is 4.73. The van der Waals surface area contributed by atoms with Crippen LogP contribution in [-0.4, -0.2) is 44.4 Å². The molecule has 0 aliphatic carbocycles. The Kier molecular flexibility index (Phi) is 5.85. The zero-order valence-electron chi connectivity index (χ0n) is 9.21. The molecule has 0 aromatic carbocycles. The van der Waals surface area contributed by atoms with Gasteiger partial charge in [0.25, 0.3) is 10.2 Å². The smallest absolute Gasteiger partial charge is 0.388 e. The summed E-state index contributed by atoms with van der Waals surface area (Å²) in [5.74, 6) is -0.227. The monoisotopic (exact) mass is 276 g/mol. The van der Waals surface area contributed by atoms with E-state index in [9.17, 15) is 21.6 Å². The first kappa shape index (κ1) is 16.1. The minimum absolute atomic E-state index is 0.000467. The molecule has 10 heteroatoms. The number of hydrogen-bond donors (Lipinski definition) is 3. The summed E-state index contributed by atoms with van der Waals surface area (Å²) in [5, 5.41) is 6.92. The predicted octanol–water partition coefficient (Wildman–Crippen LogP) is 0.0311. The first-order valence-corrected chi connectivity index (χ1v) is 6.17. The number of nitrogens with two attached hydrogens (primary N) is 1. The lowest BCUT2D eigenvalue weighted by Crippen LogP contribution is -2.45. The molecule has 0 amide bonds. The zero-order valence-corrected chi connectivity index (χ0v) is 10.0. The van der Waals surface area contributed by atoms with Gasteiger partial charge >= 0.3 is 6.18 Å². The van der Waals surface area contributed by atoms with Crippen molar-refractivity contribution < 1.29 is 21.6 Å². The van der Waals surface area contributed by atoms with Crippen LogP contribution in [-0.2, 0) is 10.2 Å². The minimum atomic E-state index is -4.60. The average Bonchev–Trinajstić information content (AvgIpc) is 2.14. The number of nitrogens with zero attached hydrogens (tertiary/aromatic N) is 1. The number of amidine groups is 1. The molecule has 0 aromatic rings. The fraction of sp³-hybridized carbons (Fsp3) is 0.857. The first-order chi connectivity index (χ1) is 7.58. The molecule has 0 aliphatic rings. The summed E-state index contributed by atoms with van der Waals surface area (Å²) < 4.78 is 60.7. The summed E-state index contributed by atoms with van der Waals surface area (Å²) in [4.78, 5) is 0. The lowest BCUT2D eigenvalue weighted by Gasteiger charge is -2.20. The Labute approximate surface area is 97.7 Å². The van der Waals surface area contributed by atoms with Gasteiger partial charge in [0.15, 0.2) is 0 Å². The summed E-state index contributed by atoms with van der Waals surface area (Å²) in [5.41, 5.74) is 5.04.